The Balaban J connectivity index is 1.77. The van der Waals surface area contributed by atoms with Gasteiger partial charge in [0.05, 0.1) is 0 Å². The van der Waals surface area contributed by atoms with Crippen LogP contribution in [0.5, 0.6) is 0 Å². The van der Waals surface area contributed by atoms with Crippen molar-refractivity contribution in [3.05, 3.63) is 22.4 Å². The molecule has 6 heteroatoms. The van der Waals surface area contributed by atoms with Gasteiger partial charge in [0.25, 0.3) is 0 Å². The van der Waals surface area contributed by atoms with Gasteiger partial charge in [-0.2, -0.15) is 0 Å². The average Bonchev–Trinajstić information content (AvgIpc) is 2.99. The van der Waals surface area contributed by atoms with Crippen molar-refractivity contribution in [2.75, 3.05) is 13.1 Å². The van der Waals surface area contributed by atoms with Gasteiger partial charge in [0, 0.05) is 30.3 Å². The van der Waals surface area contributed by atoms with Gasteiger partial charge in [0.15, 0.2) is 0 Å². The fourth-order valence-corrected chi connectivity index (χ4v) is 3.30. The van der Waals surface area contributed by atoms with Crippen LogP contribution in [0, 0.1) is 5.92 Å². The Bertz CT molecular complexity index is 459. The summed E-state index contributed by atoms with van der Waals surface area (Å²) in [6.45, 7) is 1.36. The van der Waals surface area contributed by atoms with Gasteiger partial charge in [-0.05, 0) is 37.1 Å². The molecular formula is C14H21N3O2S. The van der Waals surface area contributed by atoms with Crippen LogP contribution in [0.15, 0.2) is 22.7 Å². The number of thiophene rings is 1. The summed E-state index contributed by atoms with van der Waals surface area (Å²) in [7, 11) is 0. The molecule has 3 N–H and O–H groups in total. The third-order valence-corrected chi connectivity index (χ3v) is 4.64. The quantitative estimate of drug-likeness (QED) is 0.378. The molecule has 1 aromatic rings. The van der Waals surface area contributed by atoms with Crippen molar-refractivity contribution in [3.8, 4) is 0 Å². The van der Waals surface area contributed by atoms with Crippen LogP contribution in [0.2, 0.25) is 0 Å². The zero-order valence-corrected chi connectivity index (χ0v) is 12.3. The molecule has 1 saturated heterocycles. The summed E-state index contributed by atoms with van der Waals surface area (Å²) in [5.41, 5.74) is 5.64. The number of oxime groups is 1. The molecule has 0 aromatic carbocycles. The number of nitrogens with two attached hydrogens (primary N) is 1. The number of amides is 1. The van der Waals surface area contributed by atoms with Gasteiger partial charge in [0.2, 0.25) is 5.91 Å². The van der Waals surface area contributed by atoms with Crippen LogP contribution in [-0.2, 0) is 11.2 Å². The number of amidine groups is 1. The second kappa shape index (κ2) is 7.28. The Morgan fingerprint density at radius 1 is 1.60 bits per heavy atom. The summed E-state index contributed by atoms with van der Waals surface area (Å²) >= 11 is 1.73. The predicted molar refractivity (Wildman–Crippen MR) is 80.0 cm³/mol. The van der Waals surface area contributed by atoms with Crippen LogP contribution >= 0.6 is 11.3 Å². The monoisotopic (exact) mass is 295 g/mol. The number of aryl methyl sites for hydroxylation is 1. The third-order valence-electron chi connectivity index (χ3n) is 3.70. The van der Waals surface area contributed by atoms with Crippen LogP contribution < -0.4 is 5.73 Å². The van der Waals surface area contributed by atoms with Gasteiger partial charge in [-0.1, -0.05) is 11.2 Å². The molecule has 1 aromatic heterocycles. The minimum atomic E-state index is -0.00463. The van der Waals surface area contributed by atoms with Crippen molar-refractivity contribution in [3.63, 3.8) is 0 Å². The predicted octanol–water partition coefficient (Wildman–Crippen LogP) is 2.06. The summed E-state index contributed by atoms with van der Waals surface area (Å²) in [5.74, 6) is 0.410. The molecule has 1 fully saturated rings. The maximum Gasteiger partial charge on any atom is 0.222 e. The number of likely N-dealkylation sites (tertiary alicyclic amines) is 1. The minimum absolute atomic E-state index is 0.00463. The first-order chi connectivity index (χ1) is 9.70. The molecule has 5 nitrogen and oxygen atoms in total. The SMILES string of the molecule is NC(=NO)C1CCCN(C(=O)CCCc2cccs2)C1. The molecule has 2 rings (SSSR count). The summed E-state index contributed by atoms with van der Waals surface area (Å²) in [6, 6.07) is 4.14. The van der Waals surface area contributed by atoms with Crippen LogP contribution in [0.1, 0.15) is 30.6 Å². The lowest BCUT2D eigenvalue weighted by Gasteiger charge is -2.32. The summed E-state index contributed by atoms with van der Waals surface area (Å²) in [5, 5.41) is 13.8. The van der Waals surface area contributed by atoms with Gasteiger partial charge in [-0.25, -0.2) is 0 Å². The molecule has 1 aliphatic heterocycles. The van der Waals surface area contributed by atoms with Crippen LogP contribution in [0.3, 0.4) is 0 Å². The first-order valence-corrected chi connectivity index (χ1v) is 7.86. The van der Waals surface area contributed by atoms with Gasteiger partial charge >= 0.3 is 0 Å². The van der Waals surface area contributed by atoms with Crippen molar-refractivity contribution in [1.29, 1.82) is 0 Å². The Hall–Kier alpha value is -1.56. The third kappa shape index (κ3) is 3.96. The van der Waals surface area contributed by atoms with Crippen molar-refractivity contribution < 1.29 is 10.0 Å². The molecule has 0 aliphatic carbocycles. The zero-order valence-electron chi connectivity index (χ0n) is 11.5. The van der Waals surface area contributed by atoms with E-state index in [4.69, 9.17) is 10.9 Å². The first-order valence-electron chi connectivity index (χ1n) is 6.98. The Morgan fingerprint density at radius 3 is 3.15 bits per heavy atom. The van der Waals surface area contributed by atoms with Gasteiger partial charge in [0.1, 0.15) is 5.84 Å². The second-order valence-electron chi connectivity index (χ2n) is 5.14. The number of rotatable bonds is 5. The molecule has 2 heterocycles. The molecular weight excluding hydrogens is 274 g/mol. The highest BCUT2D eigenvalue weighted by atomic mass is 32.1. The molecule has 0 bridgehead atoms. The molecule has 110 valence electrons. The normalized spacial score (nSPS) is 20.1. The van der Waals surface area contributed by atoms with E-state index >= 15 is 0 Å². The fraction of sp³-hybridized carbons (Fsp3) is 0.571. The van der Waals surface area contributed by atoms with E-state index in [1.54, 1.807) is 11.3 Å². The van der Waals surface area contributed by atoms with E-state index in [2.05, 4.69) is 16.6 Å². The fourth-order valence-electron chi connectivity index (χ4n) is 2.55. The van der Waals surface area contributed by atoms with Crippen molar-refractivity contribution in [2.45, 2.75) is 32.1 Å². The first kappa shape index (κ1) is 14.8. The van der Waals surface area contributed by atoms with Gasteiger partial charge in [-0.15, -0.1) is 11.3 Å². The number of hydrogen-bond donors (Lipinski definition) is 2. The maximum absolute atomic E-state index is 12.2. The highest BCUT2D eigenvalue weighted by Crippen LogP contribution is 2.18. The zero-order chi connectivity index (χ0) is 14.4. The lowest BCUT2D eigenvalue weighted by atomic mass is 9.96. The van der Waals surface area contributed by atoms with E-state index in [0.29, 0.717) is 13.0 Å². The van der Waals surface area contributed by atoms with Gasteiger partial charge < -0.3 is 15.8 Å². The number of carbonyl (C=O) groups is 1. The Morgan fingerprint density at radius 2 is 2.45 bits per heavy atom. The lowest BCUT2D eigenvalue weighted by Crippen LogP contribution is -2.44. The smallest absolute Gasteiger partial charge is 0.222 e. The molecule has 0 radical (unpaired) electrons. The van der Waals surface area contributed by atoms with E-state index in [1.807, 2.05) is 11.0 Å². The van der Waals surface area contributed by atoms with Crippen LogP contribution in [0.4, 0.5) is 0 Å². The molecule has 0 spiro atoms. The van der Waals surface area contributed by atoms with E-state index < -0.39 is 0 Å². The summed E-state index contributed by atoms with van der Waals surface area (Å²) < 4.78 is 0. The van der Waals surface area contributed by atoms with E-state index in [-0.39, 0.29) is 17.7 Å². The van der Waals surface area contributed by atoms with E-state index in [0.717, 1.165) is 32.2 Å². The minimum Gasteiger partial charge on any atom is -0.409 e. The van der Waals surface area contributed by atoms with Crippen LogP contribution in [-0.4, -0.2) is 34.9 Å². The summed E-state index contributed by atoms with van der Waals surface area (Å²) in [6.07, 6.45) is 4.21. The molecule has 1 unspecified atom stereocenters. The van der Waals surface area contributed by atoms with Gasteiger partial charge in [-0.3, -0.25) is 4.79 Å². The number of hydrogen-bond acceptors (Lipinski definition) is 4. The largest absolute Gasteiger partial charge is 0.409 e. The average molecular weight is 295 g/mol. The maximum atomic E-state index is 12.2. The van der Waals surface area contributed by atoms with E-state index in [1.165, 1.54) is 4.88 Å². The number of carbonyl (C=O) groups excluding carboxylic acids is 1. The molecule has 1 amide bonds. The van der Waals surface area contributed by atoms with Crippen molar-refractivity contribution in [2.24, 2.45) is 16.8 Å². The molecule has 1 aliphatic rings. The molecule has 1 atom stereocenters. The molecule has 0 saturated carbocycles. The van der Waals surface area contributed by atoms with E-state index in [9.17, 15) is 4.79 Å². The van der Waals surface area contributed by atoms with Crippen LogP contribution in [0.25, 0.3) is 0 Å². The van der Waals surface area contributed by atoms with Crippen molar-refractivity contribution >= 4 is 23.1 Å². The standard InChI is InChI=1S/C14H21N3O2S/c15-14(16-19)11-4-2-8-17(10-11)13(18)7-1-5-12-6-3-9-20-12/h3,6,9,11,19H,1-2,4-5,7-8,10H2,(H2,15,16). The highest BCUT2D eigenvalue weighted by Gasteiger charge is 2.25. The Labute approximate surface area is 123 Å². The topological polar surface area (TPSA) is 78.9 Å². The molecule has 20 heavy (non-hydrogen) atoms. The Kier molecular flexibility index (Phi) is 5.40. The highest BCUT2D eigenvalue weighted by molar-refractivity contribution is 7.09. The summed E-state index contributed by atoms with van der Waals surface area (Å²) in [4.78, 5) is 15.3. The lowest BCUT2D eigenvalue weighted by molar-refractivity contribution is -0.132. The van der Waals surface area contributed by atoms with Crippen molar-refractivity contribution in [1.82, 2.24) is 4.90 Å². The second-order valence-corrected chi connectivity index (χ2v) is 6.17. The number of nitrogens with zero attached hydrogens (tertiary/aromatic N) is 2. The number of piperidine rings is 1.